The second kappa shape index (κ2) is 6.02. The average molecular weight is 257 g/mol. The van der Waals surface area contributed by atoms with E-state index in [1.165, 1.54) is 0 Å². The number of benzene rings is 2. The fourth-order valence-corrected chi connectivity index (χ4v) is 1.76. The van der Waals surface area contributed by atoms with Gasteiger partial charge in [-0.25, -0.2) is 0 Å². The predicted octanol–water partition coefficient (Wildman–Crippen LogP) is 0.299. The van der Waals surface area contributed by atoms with Gasteiger partial charge < -0.3 is 20.4 Å². The molecule has 0 spiro atoms. The first kappa shape index (κ1) is 13.1. The van der Waals surface area contributed by atoms with Gasteiger partial charge in [-0.3, -0.25) is 0 Å². The Balaban J connectivity index is 2.14. The molecule has 98 valence electrons. The second-order valence-electron chi connectivity index (χ2n) is 4.18. The summed E-state index contributed by atoms with van der Waals surface area (Å²) < 4.78 is 5.66. The number of carbonyl (C=O) groups is 1. The molecule has 2 aromatic carbocycles. The minimum atomic E-state index is -1.21. The summed E-state index contributed by atoms with van der Waals surface area (Å²) in [7, 11) is 0. The number of rotatable bonds is 5. The van der Waals surface area contributed by atoms with Crippen molar-refractivity contribution in [2.75, 3.05) is 0 Å². The Morgan fingerprint density at radius 1 is 1.11 bits per heavy atom. The number of carboxylic acid groups (broad SMARTS) is 1. The van der Waals surface area contributed by atoms with Gasteiger partial charge in [0.15, 0.2) is 6.04 Å². The maximum absolute atomic E-state index is 10.9. The van der Waals surface area contributed by atoms with E-state index in [-0.39, 0.29) is 0 Å². The predicted molar refractivity (Wildman–Crippen MR) is 67.9 cm³/mol. The van der Waals surface area contributed by atoms with E-state index in [1.54, 1.807) is 24.3 Å². The van der Waals surface area contributed by atoms with E-state index in [9.17, 15) is 9.90 Å². The zero-order chi connectivity index (χ0) is 13.7. The summed E-state index contributed by atoms with van der Waals surface area (Å²) in [5.41, 5.74) is 5.13. The molecule has 0 bridgehead atoms. The molecule has 4 heteroatoms. The lowest BCUT2D eigenvalue weighted by Gasteiger charge is -2.15. The summed E-state index contributed by atoms with van der Waals surface area (Å²) in [6, 6.07) is 15.7. The van der Waals surface area contributed by atoms with Gasteiger partial charge in [0.2, 0.25) is 0 Å². The minimum Gasteiger partial charge on any atom is -0.544 e. The van der Waals surface area contributed by atoms with Crippen LogP contribution in [0.5, 0.6) is 5.75 Å². The lowest BCUT2D eigenvalue weighted by molar-refractivity contribution is -0.443. The highest BCUT2D eigenvalue weighted by atomic mass is 16.5. The maximum atomic E-state index is 10.9. The van der Waals surface area contributed by atoms with Gasteiger partial charge in [0.05, 0.1) is 5.56 Å². The van der Waals surface area contributed by atoms with Crippen molar-refractivity contribution >= 4 is 5.97 Å². The number of quaternary nitrogens is 1. The Labute approximate surface area is 111 Å². The van der Waals surface area contributed by atoms with Crippen LogP contribution in [0.1, 0.15) is 17.2 Å². The maximum Gasteiger partial charge on any atom is 0.154 e. The molecular weight excluding hydrogens is 242 g/mol. The summed E-state index contributed by atoms with van der Waals surface area (Å²) in [4.78, 5) is 10.9. The van der Waals surface area contributed by atoms with Gasteiger partial charge in [-0.15, -0.1) is 0 Å². The zero-order valence-electron chi connectivity index (χ0n) is 10.4. The number of aliphatic carboxylic acids is 1. The molecule has 0 aliphatic rings. The number of hydrogen-bond donors (Lipinski definition) is 1. The van der Waals surface area contributed by atoms with Gasteiger partial charge in [-0.05, 0) is 17.7 Å². The van der Waals surface area contributed by atoms with Gasteiger partial charge in [-0.1, -0.05) is 42.5 Å². The molecule has 0 aliphatic carbocycles. The third-order valence-corrected chi connectivity index (χ3v) is 2.82. The van der Waals surface area contributed by atoms with Crippen molar-refractivity contribution < 1.29 is 20.4 Å². The molecule has 2 rings (SSSR count). The lowest BCUT2D eigenvalue weighted by atomic mass is 10.1. The number of ether oxygens (including phenoxy) is 1. The molecule has 0 amide bonds. The molecular formula is C15H15NO3. The van der Waals surface area contributed by atoms with Gasteiger partial charge in [0.25, 0.3) is 0 Å². The zero-order valence-corrected chi connectivity index (χ0v) is 10.4. The van der Waals surface area contributed by atoms with Crippen molar-refractivity contribution in [2.24, 2.45) is 0 Å². The van der Waals surface area contributed by atoms with Crippen molar-refractivity contribution in [2.45, 2.75) is 12.6 Å². The van der Waals surface area contributed by atoms with E-state index in [1.807, 2.05) is 30.3 Å². The van der Waals surface area contributed by atoms with Crippen LogP contribution in [0.2, 0.25) is 0 Å². The topological polar surface area (TPSA) is 77.0 Å². The van der Waals surface area contributed by atoms with Crippen molar-refractivity contribution in [3.8, 4) is 5.75 Å². The highest BCUT2D eigenvalue weighted by Gasteiger charge is 2.15. The monoisotopic (exact) mass is 257 g/mol. The van der Waals surface area contributed by atoms with Crippen LogP contribution in [-0.4, -0.2) is 5.97 Å². The molecule has 0 saturated carbocycles. The largest absolute Gasteiger partial charge is 0.544 e. The molecule has 0 aliphatic heterocycles. The summed E-state index contributed by atoms with van der Waals surface area (Å²) in [6.45, 7) is 0.387. The highest BCUT2D eigenvalue weighted by Crippen LogP contribution is 2.23. The first-order chi connectivity index (χ1) is 9.18. The Bertz CT molecular complexity index is 554. The van der Waals surface area contributed by atoms with Crippen molar-refractivity contribution in [3.05, 3.63) is 65.7 Å². The first-order valence-corrected chi connectivity index (χ1v) is 5.98. The molecule has 0 saturated heterocycles. The number of carboxylic acids is 1. The van der Waals surface area contributed by atoms with Crippen LogP contribution in [0.3, 0.4) is 0 Å². The molecule has 19 heavy (non-hydrogen) atoms. The Hall–Kier alpha value is -2.33. The second-order valence-corrected chi connectivity index (χ2v) is 4.18. The molecule has 2 aromatic rings. The molecule has 0 heterocycles. The fourth-order valence-electron chi connectivity index (χ4n) is 1.76. The van der Waals surface area contributed by atoms with Crippen molar-refractivity contribution in [1.82, 2.24) is 0 Å². The van der Waals surface area contributed by atoms with Crippen LogP contribution in [-0.2, 0) is 11.4 Å². The molecule has 4 nitrogen and oxygen atoms in total. The molecule has 0 aromatic heterocycles. The Morgan fingerprint density at radius 3 is 2.42 bits per heavy atom. The Kier molecular flexibility index (Phi) is 4.15. The van der Waals surface area contributed by atoms with E-state index >= 15 is 0 Å². The first-order valence-electron chi connectivity index (χ1n) is 5.98. The number of para-hydroxylation sites is 1. The van der Waals surface area contributed by atoms with Crippen LogP contribution in [0.4, 0.5) is 0 Å². The lowest BCUT2D eigenvalue weighted by Crippen LogP contribution is -2.61. The summed E-state index contributed by atoms with van der Waals surface area (Å²) in [5, 5.41) is 10.9. The smallest absolute Gasteiger partial charge is 0.154 e. The van der Waals surface area contributed by atoms with E-state index in [0.717, 1.165) is 5.56 Å². The average Bonchev–Trinajstić information content (AvgIpc) is 2.45. The number of carbonyl (C=O) groups excluding carboxylic acids is 1. The fraction of sp³-hybridized carbons (Fsp3) is 0.133. The van der Waals surface area contributed by atoms with Gasteiger partial charge in [0, 0.05) is 0 Å². The van der Waals surface area contributed by atoms with E-state index in [4.69, 9.17) is 4.74 Å². The third-order valence-electron chi connectivity index (χ3n) is 2.82. The van der Waals surface area contributed by atoms with E-state index in [0.29, 0.717) is 17.9 Å². The van der Waals surface area contributed by atoms with Crippen LogP contribution in [0.25, 0.3) is 0 Å². The van der Waals surface area contributed by atoms with E-state index in [2.05, 4.69) is 5.73 Å². The Morgan fingerprint density at radius 2 is 1.74 bits per heavy atom. The van der Waals surface area contributed by atoms with Crippen molar-refractivity contribution in [3.63, 3.8) is 0 Å². The third kappa shape index (κ3) is 3.33. The van der Waals surface area contributed by atoms with Gasteiger partial charge >= 0.3 is 0 Å². The minimum absolute atomic E-state index is 0.387. The van der Waals surface area contributed by atoms with Gasteiger partial charge in [-0.2, -0.15) is 0 Å². The highest BCUT2D eigenvalue weighted by molar-refractivity contribution is 5.72. The molecule has 0 unspecified atom stereocenters. The van der Waals surface area contributed by atoms with Crippen molar-refractivity contribution in [1.29, 1.82) is 0 Å². The van der Waals surface area contributed by atoms with Crippen LogP contribution >= 0.6 is 0 Å². The SMILES string of the molecule is [NH3+][C@H](C(=O)[O-])c1ccccc1OCc1ccccc1. The molecule has 0 fully saturated rings. The summed E-state index contributed by atoms with van der Waals surface area (Å²) in [6.07, 6.45) is 0. The van der Waals surface area contributed by atoms with Gasteiger partial charge in [0.1, 0.15) is 18.3 Å². The normalized spacial score (nSPS) is 11.8. The van der Waals surface area contributed by atoms with Crippen LogP contribution in [0, 0.1) is 0 Å². The quantitative estimate of drug-likeness (QED) is 0.836. The summed E-state index contributed by atoms with van der Waals surface area (Å²) >= 11 is 0. The standard InChI is InChI=1S/C15H15NO3/c16-14(15(17)18)12-8-4-5-9-13(12)19-10-11-6-2-1-3-7-11/h1-9,14H,10,16H2,(H,17,18)/t14-/m0/s1. The summed E-state index contributed by atoms with van der Waals surface area (Å²) in [5.74, 6) is -0.689. The van der Waals surface area contributed by atoms with Crippen LogP contribution in [0.15, 0.2) is 54.6 Å². The van der Waals surface area contributed by atoms with Crippen LogP contribution < -0.4 is 15.6 Å². The molecule has 0 radical (unpaired) electrons. The number of hydrogen-bond acceptors (Lipinski definition) is 3. The molecule has 3 N–H and O–H groups in total. The molecule has 1 atom stereocenters. The van der Waals surface area contributed by atoms with E-state index < -0.39 is 12.0 Å².